The summed E-state index contributed by atoms with van der Waals surface area (Å²) in [5.41, 5.74) is 5.08. The molecule has 48 heavy (non-hydrogen) atoms. The number of nitrogens with one attached hydrogen (secondary N) is 1. The third kappa shape index (κ3) is 10.6. The molecule has 2 aromatic carbocycles. The van der Waals surface area contributed by atoms with Gasteiger partial charge in [0.25, 0.3) is 5.91 Å². The summed E-state index contributed by atoms with van der Waals surface area (Å²) in [4.78, 5) is 70.3. The molecule has 0 aromatic heterocycles. The summed E-state index contributed by atoms with van der Waals surface area (Å²) in [6.45, 7) is 7.43. The van der Waals surface area contributed by atoms with Gasteiger partial charge in [-0.1, -0.05) is 38.1 Å². The maximum Gasteiger partial charge on any atom is 0.311 e. The molecule has 0 saturated carbocycles. The van der Waals surface area contributed by atoms with Crippen LogP contribution in [0.25, 0.3) is 17.2 Å². The smallest absolute Gasteiger partial charge is 0.311 e. The fourth-order valence-electron chi connectivity index (χ4n) is 5.73. The Hall–Kier alpha value is -4.25. The number of fused-ring (bicyclic) bond motifs is 1. The van der Waals surface area contributed by atoms with Gasteiger partial charge in [-0.2, -0.15) is 0 Å². The van der Waals surface area contributed by atoms with Crippen LogP contribution in [-0.4, -0.2) is 96.3 Å². The monoisotopic (exact) mass is 674 g/mol. The average Bonchev–Trinajstić information content (AvgIpc) is 3.57. The highest BCUT2D eigenvalue weighted by Gasteiger charge is 2.24. The molecule has 2 aromatic rings. The van der Waals surface area contributed by atoms with E-state index < -0.39 is 5.97 Å². The maximum atomic E-state index is 13.7. The van der Waals surface area contributed by atoms with Crippen LogP contribution in [0.15, 0.2) is 53.0 Å². The van der Waals surface area contributed by atoms with E-state index in [0.717, 1.165) is 61.7 Å². The van der Waals surface area contributed by atoms with Crippen molar-refractivity contribution in [1.82, 2.24) is 15.1 Å². The Labute approximate surface area is 287 Å². The van der Waals surface area contributed by atoms with E-state index >= 15 is 0 Å². The molecule has 10 nitrogen and oxygen atoms in total. The van der Waals surface area contributed by atoms with Crippen LogP contribution >= 0.6 is 11.8 Å². The molecule has 0 unspecified atom stereocenters. The Kier molecular flexibility index (Phi) is 14.4. The van der Waals surface area contributed by atoms with Gasteiger partial charge in [0.1, 0.15) is 12.9 Å². The van der Waals surface area contributed by atoms with Gasteiger partial charge in [-0.15, -0.1) is 11.8 Å². The van der Waals surface area contributed by atoms with Crippen LogP contribution in [0.2, 0.25) is 0 Å². The predicted molar refractivity (Wildman–Crippen MR) is 190 cm³/mol. The molecule has 0 bridgehead atoms. The van der Waals surface area contributed by atoms with Crippen LogP contribution in [0.1, 0.15) is 74.7 Å². The molecule has 1 N–H and O–H groups in total. The van der Waals surface area contributed by atoms with Crippen molar-refractivity contribution in [1.29, 1.82) is 0 Å². The lowest BCUT2D eigenvalue weighted by Crippen LogP contribution is -2.34. The fraction of sp³-hybridized carbons (Fsp3) is 0.459. The number of thioether (sulfide) groups is 1. The molecule has 256 valence electrons. The zero-order valence-electron chi connectivity index (χ0n) is 28.0. The lowest BCUT2D eigenvalue weighted by Gasteiger charge is -2.23. The minimum atomic E-state index is -0.451. The number of amides is 3. The highest BCUT2D eigenvalue weighted by atomic mass is 32.2. The van der Waals surface area contributed by atoms with Crippen LogP contribution in [-0.2, 0) is 23.9 Å². The van der Waals surface area contributed by atoms with Gasteiger partial charge in [-0.25, -0.2) is 0 Å². The van der Waals surface area contributed by atoms with Gasteiger partial charge in [0.15, 0.2) is 0 Å². The number of hydrogen-bond acceptors (Lipinski definition) is 8. The average molecular weight is 675 g/mol. The second kappa shape index (κ2) is 18.9. The molecule has 2 aliphatic heterocycles. The first-order valence-electron chi connectivity index (χ1n) is 16.9. The van der Waals surface area contributed by atoms with Crippen LogP contribution in [0.3, 0.4) is 0 Å². The third-order valence-corrected chi connectivity index (χ3v) is 9.02. The molecule has 0 aliphatic carbocycles. The normalized spacial score (nSPS) is 13.9. The number of likely N-dealkylation sites (tertiary alicyclic amines) is 1. The quantitative estimate of drug-likeness (QED) is 0.134. The third-order valence-electron chi connectivity index (χ3n) is 8.10. The van der Waals surface area contributed by atoms with Crippen molar-refractivity contribution in [2.24, 2.45) is 4.99 Å². The zero-order chi connectivity index (χ0) is 34.3. The van der Waals surface area contributed by atoms with E-state index in [1.807, 2.05) is 72.2 Å². The van der Waals surface area contributed by atoms with Crippen molar-refractivity contribution in [3.8, 4) is 11.1 Å². The minimum absolute atomic E-state index is 0.0554. The number of aldehydes is 1. The van der Waals surface area contributed by atoms with E-state index in [1.54, 1.807) is 0 Å². The molecule has 2 aliphatic rings. The number of nitrogens with zero attached hydrogens (tertiary/aromatic N) is 3. The number of carbonyl (C=O) groups is 5. The second-order valence-corrected chi connectivity index (χ2v) is 13.0. The Morgan fingerprint density at radius 2 is 1.71 bits per heavy atom. The van der Waals surface area contributed by atoms with Gasteiger partial charge >= 0.3 is 5.97 Å². The van der Waals surface area contributed by atoms with Gasteiger partial charge < -0.3 is 24.6 Å². The molecular weight excluding hydrogens is 628 g/mol. The molecule has 0 radical (unpaired) electrons. The lowest BCUT2D eigenvalue weighted by molar-refractivity contribution is -0.141. The fourth-order valence-corrected chi connectivity index (χ4v) is 6.37. The van der Waals surface area contributed by atoms with Crippen molar-refractivity contribution < 1.29 is 28.7 Å². The number of hydrogen-bond donors (Lipinski definition) is 1. The molecule has 1 saturated heterocycles. The summed E-state index contributed by atoms with van der Waals surface area (Å²) < 4.78 is 5.47. The van der Waals surface area contributed by atoms with Crippen molar-refractivity contribution in [2.45, 2.75) is 58.8 Å². The molecule has 0 atom stereocenters. The Morgan fingerprint density at radius 3 is 2.40 bits per heavy atom. The van der Waals surface area contributed by atoms with Crippen molar-refractivity contribution in [3.05, 3.63) is 59.2 Å². The number of benzene rings is 2. The summed E-state index contributed by atoms with van der Waals surface area (Å²) in [6, 6.07) is 13.5. The first-order valence-corrected chi connectivity index (χ1v) is 18.0. The topological polar surface area (TPSA) is 125 Å². The van der Waals surface area contributed by atoms with E-state index in [1.165, 1.54) is 11.8 Å². The van der Waals surface area contributed by atoms with E-state index in [9.17, 15) is 24.0 Å². The van der Waals surface area contributed by atoms with Crippen LogP contribution in [0.5, 0.6) is 0 Å². The highest BCUT2D eigenvalue weighted by Crippen LogP contribution is 2.33. The summed E-state index contributed by atoms with van der Waals surface area (Å²) in [5, 5.41) is 2.65. The molecule has 11 heteroatoms. The first-order chi connectivity index (χ1) is 23.3. The maximum absolute atomic E-state index is 13.7. The van der Waals surface area contributed by atoms with Crippen molar-refractivity contribution >= 4 is 59.2 Å². The van der Waals surface area contributed by atoms with Gasteiger partial charge in [-0.05, 0) is 61.1 Å². The number of rotatable bonds is 17. The summed E-state index contributed by atoms with van der Waals surface area (Å²) in [5.74, 6) is 0.0310. The first kappa shape index (κ1) is 36.6. The number of aliphatic imine (C=N–C) groups is 1. The highest BCUT2D eigenvalue weighted by molar-refractivity contribution is 7.99. The molecule has 1 fully saturated rings. The summed E-state index contributed by atoms with van der Waals surface area (Å²) in [7, 11) is 0. The van der Waals surface area contributed by atoms with Crippen LogP contribution in [0.4, 0.5) is 5.69 Å². The number of carbonyl (C=O) groups excluding carboxylic acids is 5. The van der Waals surface area contributed by atoms with E-state index in [4.69, 9.17) is 9.73 Å². The second-order valence-electron chi connectivity index (χ2n) is 11.9. The largest absolute Gasteiger partial charge is 0.465 e. The van der Waals surface area contributed by atoms with Crippen LogP contribution in [0, 0.1) is 0 Å². The van der Waals surface area contributed by atoms with Gasteiger partial charge in [0, 0.05) is 73.7 Å². The summed E-state index contributed by atoms with van der Waals surface area (Å²) in [6.07, 6.45) is 6.83. The molecular formula is C37H46N4O6S. The minimum Gasteiger partial charge on any atom is -0.465 e. The Morgan fingerprint density at radius 1 is 1.00 bits per heavy atom. The number of ether oxygens (including phenoxy) is 1. The van der Waals surface area contributed by atoms with Gasteiger partial charge in [-0.3, -0.25) is 24.2 Å². The number of esters is 1. The van der Waals surface area contributed by atoms with Gasteiger partial charge in [0.05, 0.1) is 17.9 Å². The van der Waals surface area contributed by atoms with E-state index in [2.05, 4.69) is 5.32 Å². The van der Waals surface area contributed by atoms with E-state index in [-0.39, 0.29) is 49.3 Å². The molecule has 3 amide bonds. The van der Waals surface area contributed by atoms with Gasteiger partial charge in [0.2, 0.25) is 11.8 Å². The SMILES string of the molecule is CCCN(CCC)C(=O)C1=Cc2ccc(-c3ccc(C(=O)N4CCCC4)cc3)cc2N=C(CC(=O)OCCSCC(=O)NCCC=O)C1. The zero-order valence-corrected chi connectivity index (χ0v) is 28.8. The lowest BCUT2D eigenvalue weighted by atomic mass is 9.99. The molecule has 0 spiro atoms. The standard InChI is InChI=1S/C37H46N4O6S/c1-3-15-40(16-4-2)37(46)31-22-30-13-12-29(27-8-10-28(11-9-27)36(45)41-17-5-6-18-41)24-33(30)39-32(23-31)25-35(44)47-20-21-48-26-34(43)38-14-7-19-42/h8-13,19,22,24H,3-7,14-18,20-21,23,25-26H2,1-2H3,(H,38,43). The molecule has 2 heterocycles. The van der Waals surface area contributed by atoms with E-state index in [0.29, 0.717) is 47.9 Å². The predicted octanol–water partition coefficient (Wildman–Crippen LogP) is 5.47. The Bertz CT molecular complexity index is 1510. The van der Waals surface area contributed by atoms with Crippen LogP contribution < -0.4 is 5.32 Å². The Balaban J connectivity index is 1.49. The van der Waals surface area contributed by atoms with Crippen molar-refractivity contribution in [2.75, 3.05) is 50.8 Å². The van der Waals surface area contributed by atoms with Crippen molar-refractivity contribution in [3.63, 3.8) is 0 Å². The summed E-state index contributed by atoms with van der Waals surface area (Å²) >= 11 is 1.34. The molecule has 4 rings (SSSR count).